The summed E-state index contributed by atoms with van der Waals surface area (Å²) in [5.41, 5.74) is 0. The van der Waals surface area contributed by atoms with Crippen molar-refractivity contribution >= 4 is 19.8 Å². The van der Waals surface area contributed by atoms with Crippen molar-refractivity contribution in [2.75, 3.05) is 47.5 Å². The average molecular weight is 1200 g/mol. The summed E-state index contributed by atoms with van der Waals surface area (Å²) in [6.07, 6.45) is 84.0. The molecule has 2 atom stereocenters. The Morgan fingerprint density at radius 3 is 0.952 bits per heavy atom. The summed E-state index contributed by atoms with van der Waals surface area (Å²) in [7, 11) is 1.18. The van der Waals surface area contributed by atoms with Crippen LogP contribution >= 0.6 is 7.82 Å². The van der Waals surface area contributed by atoms with Gasteiger partial charge in [0, 0.05) is 12.8 Å². The predicted octanol–water partition coefficient (Wildman–Crippen LogP) is 23.2. The largest absolute Gasteiger partial charge is 0.756 e. The highest BCUT2D eigenvalue weighted by Gasteiger charge is 2.22. The van der Waals surface area contributed by atoms with Crippen LogP contribution in [0.25, 0.3) is 0 Å². The molecule has 0 aromatic heterocycles. The highest BCUT2D eigenvalue weighted by molar-refractivity contribution is 7.45. The number of rotatable bonds is 69. The number of phosphoric ester groups is 1. The zero-order valence-electron chi connectivity index (χ0n) is 56.6. The Kier molecular flexibility index (Phi) is 64.3. The van der Waals surface area contributed by atoms with Crippen LogP contribution in [0.4, 0.5) is 0 Å². The molecule has 0 aromatic rings. The third-order valence-corrected chi connectivity index (χ3v) is 17.6. The molecular formula is C74H142NO8P. The minimum atomic E-state index is -4.64. The molecule has 0 aliphatic heterocycles. The molecule has 0 heterocycles. The van der Waals surface area contributed by atoms with E-state index in [1.807, 2.05) is 21.1 Å². The Balaban J connectivity index is 3.89. The molecule has 0 fully saturated rings. The highest BCUT2D eigenvalue weighted by Crippen LogP contribution is 2.38. The number of phosphoric acid groups is 1. The van der Waals surface area contributed by atoms with E-state index in [1.165, 1.54) is 289 Å². The number of allylic oxidation sites excluding steroid dienone is 6. The lowest BCUT2D eigenvalue weighted by Crippen LogP contribution is -2.37. The fourth-order valence-electron chi connectivity index (χ4n) is 11.0. The Bertz CT molecular complexity index is 1510. The Morgan fingerprint density at radius 2 is 0.643 bits per heavy atom. The third kappa shape index (κ3) is 69.3. The molecule has 10 heteroatoms. The van der Waals surface area contributed by atoms with Crippen LogP contribution in [0, 0.1) is 0 Å². The lowest BCUT2D eigenvalue weighted by Gasteiger charge is -2.28. The van der Waals surface area contributed by atoms with E-state index < -0.39 is 26.5 Å². The van der Waals surface area contributed by atoms with Crippen LogP contribution < -0.4 is 4.89 Å². The zero-order valence-corrected chi connectivity index (χ0v) is 57.5. The van der Waals surface area contributed by atoms with Crippen molar-refractivity contribution in [3.63, 3.8) is 0 Å². The number of carbonyl (C=O) groups excluding carboxylic acids is 2. The number of hydrogen-bond acceptors (Lipinski definition) is 8. The second kappa shape index (κ2) is 65.7. The fourth-order valence-corrected chi connectivity index (χ4v) is 11.7. The molecule has 0 aliphatic rings. The van der Waals surface area contributed by atoms with E-state index in [1.54, 1.807) is 0 Å². The maximum atomic E-state index is 12.8. The van der Waals surface area contributed by atoms with Gasteiger partial charge in [0.1, 0.15) is 19.8 Å². The smallest absolute Gasteiger partial charge is 0.306 e. The zero-order chi connectivity index (χ0) is 61.2. The predicted molar refractivity (Wildman–Crippen MR) is 361 cm³/mol. The minimum Gasteiger partial charge on any atom is -0.756 e. The van der Waals surface area contributed by atoms with E-state index in [0.717, 1.165) is 51.4 Å². The first kappa shape index (κ1) is 82.2. The molecule has 0 saturated heterocycles. The first-order valence-corrected chi connectivity index (χ1v) is 38.2. The van der Waals surface area contributed by atoms with E-state index in [2.05, 4.69) is 50.3 Å². The van der Waals surface area contributed by atoms with Crippen molar-refractivity contribution in [2.45, 2.75) is 380 Å². The third-order valence-electron chi connectivity index (χ3n) is 16.6. The molecule has 0 N–H and O–H groups in total. The van der Waals surface area contributed by atoms with Gasteiger partial charge in [-0.05, 0) is 70.6 Å². The summed E-state index contributed by atoms with van der Waals surface area (Å²) in [6, 6.07) is 0. The molecule has 496 valence electrons. The number of esters is 2. The number of carbonyl (C=O) groups is 2. The number of hydrogen-bond donors (Lipinski definition) is 0. The van der Waals surface area contributed by atoms with Gasteiger partial charge in [0.15, 0.2) is 6.10 Å². The van der Waals surface area contributed by atoms with Crippen molar-refractivity contribution in [2.24, 2.45) is 0 Å². The van der Waals surface area contributed by atoms with Crippen LogP contribution in [-0.2, 0) is 32.7 Å². The van der Waals surface area contributed by atoms with Crippen LogP contribution in [0.5, 0.6) is 0 Å². The summed E-state index contributed by atoms with van der Waals surface area (Å²) < 4.78 is 34.3. The molecule has 0 spiro atoms. The van der Waals surface area contributed by atoms with Crippen molar-refractivity contribution in [1.29, 1.82) is 0 Å². The second-order valence-electron chi connectivity index (χ2n) is 26.3. The van der Waals surface area contributed by atoms with Crippen molar-refractivity contribution in [1.82, 2.24) is 0 Å². The van der Waals surface area contributed by atoms with Gasteiger partial charge in [0.05, 0.1) is 27.7 Å². The lowest BCUT2D eigenvalue weighted by molar-refractivity contribution is -0.870. The molecule has 0 aliphatic carbocycles. The van der Waals surface area contributed by atoms with Gasteiger partial charge in [-0.15, -0.1) is 0 Å². The first-order chi connectivity index (χ1) is 41.0. The molecule has 0 aromatic carbocycles. The van der Waals surface area contributed by atoms with Gasteiger partial charge in [0.2, 0.25) is 0 Å². The molecular weight excluding hydrogens is 1060 g/mol. The van der Waals surface area contributed by atoms with Crippen molar-refractivity contribution in [3.05, 3.63) is 36.5 Å². The number of unbranched alkanes of at least 4 members (excludes halogenated alkanes) is 49. The van der Waals surface area contributed by atoms with Gasteiger partial charge in [-0.3, -0.25) is 14.2 Å². The number of quaternary nitrogens is 1. The average Bonchev–Trinajstić information content (AvgIpc) is 3.61. The van der Waals surface area contributed by atoms with Gasteiger partial charge >= 0.3 is 11.9 Å². The van der Waals surface area contributed by atoms with Crippen LogP contribution in [0.1, 0.15) is 373 Å². The van der Waals surface area contributed by atoms with Crippen molar-refractivity contribution < 1.29 is 42.1 Å². The molecule has 0 rings (SSSR count). The molecule has 2 unspecified atom stereocenters. The van der Waals surface area contributed by atoms with Gasteiger partial charge in [-0.2, -0.15) is 0 Å². The standard InChI is InChI=1S/C74H142NO8P/c1-6-8-10-12-14-16-18-20-22-24-26-28-29-30-31-32-33-34-35-36-37-38-39-40-41-42-43-44-45-47-48-50-52-54-56-58-60-62-64-66-73(76)80-70-72(71-82-84(78,79)81-69-68-75(3,4)5)83-74(77)67-65-63-61-59-57-55-53-51-49-46-27-25-23-21-19-17-15-13-11-9-7-2/h19,21,24-27,72H,6-18,20,22-23,28-71H2,1-5H3/b21-19-,26-24-,27-25-. The Hall–Kier alpha value is -1.77. The molecule has 0 amide bonds. The first-order valence-electron chi connectivity index (χ1n) is 36.7. The van der Waals surface area contributed by atoms with Gasteiger partial charge < -0.3 is 27.9 Å². The maximum absolute atomic E-state index is 12.8. The lowest BCUT2D eigenvalue weighted by atomic mass is 10.0. The maximum Gasteiger partial charge on any atom is 0.306 e. The molecule has 9 nitrogen and oxygen atoms in total. The quantitative estimate of drug-likeness (QED) is 0.0195. The summed E-state index contributed by atoms with van der Waals surface area (Å²) in [4.78, 5) is 38.0. The summed E-state index contributed by atoms with van der Waals surface area (Å²) >= 11 is 0. The SMILES string of the molecule is CCCCCCC/C=C\C/C=C\CCCCCCCCCCCC(=O)OC(COC(=O)CCCCCCCCCCCCCCCCCCCCCCCCCCCCC/C=C\CCCCCCCCCC)COP(=O)([O-])OCC[N+](C)(C)C. The fraction of sp³-hybridized carbons (Fsp3) is 0.892. The number of likely N-dealkylation sites (N-methyl/N-ethyl adjacent to an activating group) is 1. The van der Waals surface area contributed by atoms with Crippen LogP contribution in [0.2, 0.25) is 0 Å². The monoisotopic (exact) mass is 1200 g/mol. The summed E-state index contributed by atoms with van der Waals surface area (Å²) in [5, 5.41) is 0. The van der Waals surface area contributed by atoms with Gasteiger partial charge in [0.25, 0.3) is 7.82 Å². The highest BCUT2D eigenvalue weighted by atomic mass is 31.2. The van der Waals surface area contributed by atoms with Crippen LogP contribution in [0.3, 0.4) is 0 Å². The molecule has 0 radical (unpaired) electrons. The molecule has 0 saturated carbocycles. The van der Waals surface area contributed by atoms with E-state index in [-0.39, 0.29) is 32.0 Å². The van der Waals surface area contributed by atoms with Gasteiger partial charge in [-0.25, -0.2) is 0 Å². The number of ether oxygens (including phenoxy) is 2. The van der Waals surface area contributed by atoms with E-state index in [9.17, 15) is 19.0 Å². The van der Waals surface area contributed by atoms with Gasteiger partial charge in [-0.1, -0.05) is 326 Å². The Morgan fingerprint density at radius 1 is 0.369 bits per heavy atom. The minimum absolute atomic E-state index is 0.0296. The van der Waals surface area contributed by atoms with E-state index >= 15 is 0 Å². The van der Waals surface area contributed by atoms with Crippen molar-refractivity contribution in [3.8, 4) is 0 Å². The van der Waals surface area contributed by atoms with Crippen LogP contribution in [-0.4, -0.2) is 70.0 Å². The summed E-state index contributed by atoms with van der Waals surface area (Å²) in [6.45, 7) is 4.28. The topological polar surface area (TPSA) is 111 Å². The Labute approximate surface area is 522 Å². The molecule has 84 heavy (non-hydrogen) atoms. The van der Waals surface area contributed by atoms with Crippen LogP contribution in [0.15, 0.2) is 36.5 Å². The number of nitrogens with zero attached hydrogens (tertiary/aromatic N) is 1. The van der Waals surface area contributed by atoms with E-state index in [0.29, 0.717) is 17.4 Å². The second-order valence-corrected chi connectivity index (χ2v) is 27.7. The summed E-state index contributed by atoms with van der Waals surface area (Å²) in [5.74, 6) is -0.819. The molecule has 0 bridgehead atoms. The normalized spacial score (nSPS) is 13.3. The van der Waals surface area contributed by atoms with E-state index in [4.69, 9.17) is 18.5 Å².